The van der Waals surface area contributed by atoms with Gasteiger partial charge in [0.25, 0.3) is 0 Å². The molecule has 0 aliphatic heterocycles. The Morgan fingerprint density at radius 2 is 2.00 bits per heavy atom. The summed E-state index contributed by atoms with van der Waals surface area (Å²) in [4.78, 5) is 26.4. The Kier molecular flexibility index (Phi) is 5.64. The summed E-state index contributed by atoms with van der Waals surface area (Å²) < 4.78 is 50.0. The molecule has 0 saturated heterocycles. The van der Waals surface area contributed by atoms with Crippen molar-refractivity contribution in [1.29, 1.82) is 0 Å². The van der Waals surface area contributed by atoms with E-state index in [1.807, 2.05) is 0 Å². The molecule has 2 aliphatic carbocycles. The maximum Gasteiger partial charge on any atom is 0.344 e. The molecule has 1 aromatic carbocycles. The first-order chi connectivity index (χ1) is 15.3. The Labute approximate surface area is 184 Å². The van der Waals surface area contributed by atoms with Gasteiger partial charge < -0.3 is 19.8 Å². The van der Waals surface area contributed by atoms with E-state index in [-0.39, 0.29) is 52.0 Å². The quantitative estimate of drug-likeness (QED) is 0.538. The van der Waals surface area contributed by atoms with Gasteiger partial charge in [-0.15, -0.1) is 0 Å². The van der Waals surface area contributed by atoms with Crippen LogP contribution in [0, 0.1) is 5.82 Å². The van der Waals surface area contributed by atoms with E-state index in [0.29, 0.717) is 11.1 Å². The number of pyridine rings is 1. The molecular formula is C22H21FN2O6S. The first-order valence-corrected chi connectivity index (χ1v) is 11.1. The van der Waals surface area contributed by atoms with Crippen LogP contribution < -0.4 is 15.9 Å². The molecule has 4 rings (SSSR count). The smallest absolute Gasteiger partial charge is 0.344 e. The molecule has 0 radical (unpaired) electrons. The van der Waals surface area contributed by atoms with Crippen LogP contribution in [-0.4, -0.2) is 37.5 Å². The minimum absolute atomic E-state index is 0.0105. The molecule has 1 heterocycles. The van der Waals surface area contributed by atoms with Crippen molar-refractivity contribution >= 4 is 37.6 Å². The van der Waals surface area contributed by atoms with Gasteiger partial charge in [-0.1, -0.05) is 6.08 Å². The average Bonchev–Trinajstić information content (AvgIpc) is 3.58. The van der Waals surface area contributed by atoms with Crippen LogP contribution in [0.15, 0.2) is 34.8 Å². The van der Waals surface area contributed by atoms with Crippen molar-refractivity contribution < 1.29 is 27.1 Å². The van der Waals surface area contributed by atoms with Gasteiger partial charge >= 0.3 is 5.97 Å². The normalized spacial score (nSPS) is 15.9. The van der Waals surface area contributed by atoms with Crippen molar-refractivity contribution in [3.05, 3.63) is 57.3 Å². The number of hydrogen-bond acceptors (Lipinski definition) is 7. The van der Waals surface area contributed by atoms with Gasteiger partial charge in [0, 0.05) is 18.5 Å². The highest BCUT2D eigenvalue weighted by atomic mass is 32.2. The van der Waals surface area contributed by atoms with E-state index in [1.54, 1.807) is 17.6 Å². The Morgan fingerprint density at radius 3 is 2.59 bits per heavy atom. The molecule has 1 fully saturated rings. The summed E-state index contributed by atoms with van der Waals surface area (Å²) >= 11 is 0. The van der Waals surface area contributed by atoms with Crippen LogP contribution in [0.3, 0.4) is 0 Å². The number of rotatable bonds is 5. The van der Waals surface area contributed by atoms with Gasteiger partial charge in [0.2, 0.25) is 15.7 Å². The second-order valence-corrected chi connectivity index (χ2v) is 8.49. The number of allylic oxidation sites excluding steroid dienone is 4. The van der Waals surface area contributed by atoms with E-state index in [2.05, 4.69) is 0 Å². The van der Waals surface area contributed by atoms with Crippen molar-refractivity contribution in [3.63, 3.8) is 0 Å². The molecule has 0 atom stereocenters. The van der Waals surface area contributed by atoms with E-state index in [0.717, 1.165) is 18.9 Å². The molecule has 32 heavy (non-hydrogen) atoms. The number of methoxy groups -OCH3 is 1. The summed E-state index contributed by atoms with van der Waals surface area (Å²) in [5, 5.41) is -0.0105. The predicted molar refractivity (Wildman–Crippen MR) is 118 cm³/mol. The van der Waals surface area contributed by atoms with Crippen LogP contribution in [0.25, 0.3) is 16.5 Å². The van der Waals surface area contributed by atoms with E-state index in [1.165, 1.54) is 19.3 Å². The minimum atomic E-state index is -2.59. The summed E-state index contributed by atoms with van der Waals surface area (Å²) in [7, 11) is -1.22. The van der Waals surface area contributed by atoms with E-state index >= 15 is 0 Å². The monoisotopic (exact) mass is 460 g/mol. The molecule has 2 aromatic rings. The lowest BCUT2D eigenvalue weighted by Crippen LogP contribution is -2.27. The van der Waals surface area contributed by atoms with Gasteiger partial charge in [-0.25, -0.2) is 9.18 Å². The number of carbonyl (C=O) groups is 1. The Morgan fingerprint density at radius 1 is 1.28 bits per heavy atom. The lowest BCUT2D eigenvalue weighted by molar-refractivity contribution is 0.0523. The number of benzene rings is 1. The van der Waals surface area contributed by atoms with Crippen molar-refractivity contribution in [3.8, 4) is 5.75 Å². The Bertz CT molecular complexity index is 1410. The van der Waals surface area contributed by atoms with Crippen LogP contribution in [0.4, 0.5) is 4.39 Å². The molecule has 1 aromatic heterocycles. The summed E-state index contributed by atoms with van der Waals surface area (Å²) in [5.74, 6) is -1.40. The maximum absolute atomic E-state index is 14.3. The van der Waals surface area contributed by atoms with Crippen LogP contribution >= 0.6 is 0 Å². The zero-order chi connectivity index (χ0) is 23.2. The maximum atomic E-state index is 14.3. The largest absolute Gasteiger partial charge is 0.494 e. The molecule has 168 valence electrons. The second kappa shape index (κ2) is 8.27. The first-order valence-electron chi connectivity index (χ1n) is 10.0. The summed E-state index contributed by atoms with van der Waals surface area (Å²) in [6, 6.07) is 2.17. The second-order valence-electron chi connectivity index (χ2n) is 7.53. The zero-order valence-electron chi connectivity index (χ0n) is 17.5. The predicted octanol–water partition coefficient (Wildman–Crippen LogP) is 2.34. The molecule has 8 nitrogen and oxygen atoms in total. The van der Waals surface area contributed by atoms with E-state index < -0.39 is 27.5 Å². The molecule has 0 spiro atoms. The summed E-state index contributed by atoms with van der Waals surface area (Å²) in [6.07, 6.45) is 4.44. The third kappa shape index (κ3) is 3.60. The Balaban J connectivity index is 2.18. The molecule has 0 bridgehead atoms. The lowest BCUT2D eigenvalue weighted by Gasteiger charge is -2.24. The van der Waals surface area contributed by atoms with Gasteiger partial charge in [-0.05, 0) is 37.5 Å². The van der Waals surface area contributed by atoms with Crippen LogP contribution in [0.2, 0.25) is 0 Å². The third-order valence-electron chi connectivity index (χ3n) is 5.48. The number of hydrogen-bond donors (Lipinski definition) is 1. The van der Waals surface area contributed by atoms with Crippen LogP contribution in [-0.2, 0) is 15.0 Å². The van der Waals surface area contributed by atoms with Gasteiger partial charge in [-0.3, -0.25) is 4.79 Å². The topological polar surface area (TPSA) is 118 Å². The van der Waals surface area contributed by atoms with Gasteiger partial charge in [-0.2, -0.15) is 8.42 Å². The third-order valence-corrected chi connectivity index (χ3v) is 6.27. The standard InChI is InChI=1S/C22H21FN2O6S/c1-3-31-22(27)18-19(11-4-7-15(24)17(8-11)32(28)29)25(13-5-6-13)20-14(21(18)26)9-12(23)10-16(20)30-2/h4,7,9-10,13H,3,5-6,8,24H2,1-2H3. The molecule has 10 heteroatoms. The number of fused-ring (bicyclic) bond motifs is 1. The highest BCUT2D eigenvalue weighted by Crippen LogP contribution is 2.43. The summed E-state index contributed by atoms with van der Waals surface area (Å²) in [6.45, 7) is 1.63. The van der Waals surface area contributed by atoms with E-state index in [4.69, 9.17) is 15.2 Å². The van der Waals surface area contributed by atoms with Crippen molar-refractivity contribution in [2.24, 2.45) is 5.73 Å². The van der Waals surface area contributed by atoms with Crippen LogP contribution in [0.5, 0.6) is 5.75 Å². The van der Waals surface area contributed by atoms with Crippen LogP contribution in [0.1, 0.15) is 48.3 Å². The zero-order valence-corrected chi connectivity index (χ0v) is 18.3. The number of halogens is 1. The fraction of sp³-hybridized carbons (Fsp3) is 0.318. The molecule has 0 unspecified atom stereocenters. The SMILES string of the molecule is CCOC(=O)c1c(C2=CC=C(N)C(=S(=O)=O)C2)n(C2CC2)c2c(OC)cc(F)cc2c1=O. The summed E-state index contributed by atoms with van der Waals surface area (Å²) in [5.41, 5.74) is 5.92. The van der Waals surface area contributed by atoms with E-state index in [9.17, 15) is 22.4 Å². The van der Waals surface area contributed by atoms with Gasteiger partial charge in [0.15, 0.2) is 0 Å². The van der Waals surface area contributed by atoms with Crippen molar-refractivity contribution in [2.45, 2.75) is 32.2 Å². The molecule has 2 aliphatic rings. The number of ether oxygens (including phenoxy) is 2. The fourth-order valence-corrected chi connectivity index (χ4v) is 4.50. The minimum Gasteiger partial charge on any atom is -0.494 e. The lowest BCUT2D eigenvalue weighted by atomic mass is 9.94. The molecular weight excluding hydrogens is 439 g/mol. The number of nitrogens with zero attached hydrogens (tertiary/aromatic N) is 1. The van der Waals surface area contributed by atoms with Gasteiger partial charge in [0.05, 0.1) is 40.9 Å². The number of esters is 1. The molecule has 2 N–H and O–H groups in total. The van der Waals surface area contributed by atoms with Gasteiger partial charge in [0.1, 0.15) is 17.1 Å². The number of nitrogens with two attached hydrogens (primary N) is 1. The molecule has 0 amide bonds. The fourth-order valence-electron chi connectivity index (χ4n) is 3.97. The highest BCUT2D eigenvalue weighted by Gasteiger charge is 2.35. The van der Waals surface area contributed by atoms with Crippen molar-refractivity contribution in [2.75, 3.05) is 13.7 Å². The highest BCUT2D eigenvalue weighted by molar-refractivity contribution is 7.73. The first kappa shape index (κ1) is 21.8. The molecule has 1 saturated carbocycles. The van der Waals surface area contributed by atoms with Crippen molar-refractivity contribution in [1.82, 2.24) is 4.57 Å². The number of aromatic nitrogens is 1. The number of carbonyl (C=O) groups excluding carboxylic acids is 1. The Hall–Kier alpha value is -3.40. The average molecular weight is 460 g/mol.